The minimum absolute atomic E-state index is 0.0452. The molecule has 7 heteroatoms. The van der Waals surface area contributed by atoms with Gasteiger partial charge >= 0.3 is 0 Å². The van der Waals surface area contributed by atoms with E-state index in [1.54, 1.807) is 29.2 Å². The molecule has 1 amide bonds. The Balaban J connectivity index is 1.73. The van der Waals surface area contributed by atoms with Crippen molar-refractivity contribution in [3.05, 3.63) is 103 Å². The van der Waals surface area contributed by atoms with Crippen LogP contribution in [-0.2, 0) is 0 Å². The molecule has 0 aliphatic carbocycles. The number of halogens is 2. The maximum Gasteiger partial charge on any atom is 0.295 e. The lowest BCUT2D eigenvalue weighted by Gasteiger charge is -2.26. The molecule has 0 fully saturated rings. The van der Waals surface area contributed by atoms with Crippen molar-refractivity contribution in [3.8, 4) is 5.75 Å². The number of nitrogens with zero attached hydrogens (tertiary/aromatic N) is 1. The van der Waals surface area contributed by atoms with E-state index in [-0.39, 0.29) is 17.1 Å². The molecule has 5 nitrogen and oxygen atoms in total. The normalized spacial score (nSPS) is 15.0. The van der Waals surface area contributed by atoms with E-state index in [0.29, 0.717) is 39.6 Å². The molecule has 4 aromatic rings. The quantitative estimate of drug-likeness (QED) is 0.233. The fraction of sp³-hybridized carbons (Fsp3) is 0.214. The second kappa shape index (κ2) is 9.51. The van der Waals surface area contributed by atoms with Crippen LogP contribution in [0.1, 0.15) is 53.1 Å². The molecule has 0 saturated carbocycles. The number of carbonyl (C=O) groups is 1. The summed E-state index contributed by atoms with van der Waals surface area (Å²) in [6.07, 6.45) is 1.96. The van der Waals surface area contributed by atoms with E-state index in [0.717, 1.165) is 28.4 Å². The molecule has 1 aromatic heterocycles. The Morgan fingerprint density at radius 2 is 1.91 bits per heavy atom. The highest BCUT2D eigenvalue weighted by Gasteiger charge is 2.44. The van der Waals surface area contributed by atoms with Gasteiger partial charge in [0.2, 0.25) is 5.76 Å². The maximum absolute atomic E-state index is 13.8. The summed E-state index contributed by atoms with van der Waals surface area (Å²) in [7, 11) is 0. The first-order valence-corrected chi connectivity index (χ1v) is 12.6. The standard InChI is InChI=1S/C28H23BrClNO4/c1-3-4-12-34-20-7-5-6-17(13-20)25-24-26(32)21-14-18(29)9-11-23(21)35-27(24)28(33)31(25)19-10-8-16(2)22(30)15-19/h5-11,13-15,25H,3-4,12H2,1-2H3. The molecule has 0 bridgehead atoms. The summed E-state index contributed by atoms with van der Waals surface area (Å²) in [6, 6.07) is 17.5. The zero-order valence-corrected chi connectivity index (χ0v) is 21.7. The van der Waals surface area contributed by atoms with Gasteiger partial charge in [-0.1, -0.05) is 59.1 Å². The number of anilines is 1. The molecular weight excluding hydrogens is 530 g/mol. The molecule has 0 spiro atoms. The number of rotatable bonds is 6. The van der Waals surface area contributed by atoms with Gasteiger partial charge in [-0.25, -0.2) is 0 Å². The number of ether oxygens (including phenoxy) is 1. The van der Waals surface area contributed by atoms with E-state index in [2.05, 4.69) is 22.9 Å². The van der Waals surface area contributed by atoms with Gasteiger partial charge in [0, 0.05) is 15.2 Å². The van der Waals surface area contributed by atoms with Crippen LogP contribution in [0.25, 0.3) is 11.0 Å². The Bertz CT molecular complexity index is 1510. The number of hydrogen-bond donors (Lipinski definition) is 0. The van der Waals surface area contributed by atoms with Crippen molar-refractivity contribution in [1.29, 1.82) is 0 Å². The average molecular weight is 553 g/mol. The van der Waals surface area contributed by atoms with Crippen molar-refractivity contribution in [2.24, 2.45) is 0 Å². The van der Waals surface area contributed by atoms with Gasteiger partial charge in [0.15, 0.2) is 5.43 Å². The van der Waals surface area contributed by atoms with Crippen LogP contribution in [0, 0.1) is 6.92 Å². The first-order chi connectivity index (χ1) is 16.9. The van der Waals surface area contributed by atoms with E-state index in [9.17, 15) is 9.59 Å². The van der Waals surface area contributed by atoms with E-state index in [1.807, 2.05) is 43.3 Å². The minimum Gasteiger partial charge on any atom is -0.494 e. The van der Waals surface area contributed by atoms with Crippen LogP contribution in [0.15, 0.2) is 74.3 Å². The number of carbonyl (C=O) groups excluding carboxylic acids is 1. The van der Waals surface area contributed by atoms with E-state index in [1.165, 1.54) is 0 Å². The maximum atomic E-state index is 13.8. The lowest BCUT2D eigenvalue weighted by Crippen LogP contribution is -2.29. The largest absolute Gasteiger partial charge is 0.494 e. The Labute approximate surface area is 216 Å². The summed E-state index contributed by atoms with van der Waals surface area (Å²) >= 11 is 9.86. The number of aryl methyl sites for hydroxylation is 1. The smallest absolute Gasteiger partial charge is 0.295 e. The summed E-state index contributed by atoms with van der Waals surface area (Å²) in [5.41, 5.74) is 2.67. The second-order valence-electron chi connectivity index (χ2n) is 8.60. The lowest BCUT2D eigenvalue weighted by atomic mass is 9.98. The monoisotopic (exact) mass is 551 g/mol. The minimum atomic E-state index is -0.689. The number of amides is 1. The molecule has 35 heavy (non-hydrogen) atoms. The Morgan fingerprint density at radius 1 is 1.09 bits per heavy atom. The van der Waals surface area contributed by atoms with Crippen LogP contribution >= 0.6 is 27.5 Å². The van der Waals surface area contributed by atoms with Gasteiger partial charge < -0.3 is 9.15 Å². The highest BCUT2D eigenvalue weighted by molar-refractivity contribution is 9.10. The van der Waals surface area contributed by atoms with E-state index in [4.69, 9.17) is 20.8 Å². The van der Waals surface area contributed by atoms with Crippen LogP contribution in [0.4, 0.5) is 5.69 Å². The van der Waals surface area contributed by atoms with Crippen LogP contribution < -0.4 is 15.1 Å². The molecule has 1 aliphatic heterocycles. The highest BCUT2D eigenvalue weighted by Crippen LogP contribution is 2.42. The van der Waals surface area contributed by atoms with Gasteiger partial charge in [-0.2, -0.15) is 0 Å². The second-order valence-corrected chi connectivity index (χ2v) is 9.92. The topological polar surface area (TPSA) is 59.8 Å². The van der Waals surface area contributed by atoms with E-state index < -0.39 is 6.04 Å². The molecule has 0 radical (unpaired) electrons. The molecule has 0 saturated heterocycles. The predicted octanol–water partition coefficient (Wildman–Crippen LogP) is 7.45. The molecule has 1 atom stereocenters. The summed E-state index contributed by atoms with van der Waals surface area (Å²) in [6.45, 7) is 4.60. The third-order valence-electron chi connectivity index (χ3n) is 6.21. The van der Waals surface area contributed by atoms with Crippen molar-refractivity contribution in [3.63, 3.8) is 0 Å². The zero-order chi connectivity index (χ0) is 24.7. The third-order valence-corrected chi connectivity index (χ3v) is 7.11. The molecule has 5 rings (SSSR count). The predicted molar refractivity (Wildman–Crippen MR) is 142 cm³/mol. The van der Waals surface area contributed by atoms with Gasteiger partial charge in [0.05, 0.1) is 23.6 Å². The summed E-state index contributed by atoms with van der Waals surface area (Å²) in [5, 5.41) is 0.949. The number of unbranched alkanes of at least 4 members (excludes halogenated alkanes) is 1. The van der Waals surface area contributed by atoms with Crippen LogP contribution in [-0.4, -0.2) is 12.5 Å². The molecule has 3 aromatic carbocycles. The molecule has 178 valence electrons. The van der Waals surface area contributed by atoms with Crippen LogP contribution in [0.3, 0.4) is 0 Å². The number of hydrogen-bond acceptors (Lipinski definition) is 4. The average Bonchev–Trinajstić information content (AvgIpc) is 3.14. The highest BCUT2D eigenvalue weighted by atomic mass is 79.9. The Morgan fingerprint density at radius 3 is 2.69 bits per heavy atom. The first-order valence-electron chi connectivity index (χ1n) is 11.5. The molecular formula is C28H23BrClNO4. The molecule has 0 N–H and O–H groups in total. The van der Waals surface area contributed by atoms with Gasteiger partial charge in [-0.05, 0) is 66.9 Å². The van der Waals surface area contributed by atoms with Gasteiger partial charge in [-0.3, -0.25) is 14.5 Å². The molecule has 1 aliphatic rings. The SMILES string of the molecule is CCCCOc1cccc(C2c3c(oc4ccc(Br)cc4c3=O)C(=O)N2c2ccc(C)c(Cl)c2)c1. The van der Waals surface area contributed by atoms with Crippen LogP contribution in [0.2, 0.25) is 5.02 Å². The lowest BCUT2D eigenvalue weighted by molar-refractivity contribution is 0.0971. The Hall–Kier alpha value is -3.09. The van der Waals surface area contributed by atoms with E-state index >= 15 is 0 Å². The fourth-order valence-electron chi connectivity index (χ4n) is 4.37. The van der Waals surface area contributed by atoms with Gasteiger partial charge in [0.25, 0.3) is 5.91 Å². The van der Waals surface area contributed by atoms with Gasteiger partial charge in [-0.15, -0.1) is 0 Å². The summed E-state index contributed by atoms with van der Waals surface area (Å²) < 4.78 is 12.7. The fourth-order valence-corrected chi connectivity index (χ4v) is 4.90. The summed E-state index contributed by atoms with van der Waals surface area (Å²) in [5.74, 6) is 0.347. The van der Waals surface area contributed by atoms with Crippen molar-refractivity contribution in [1.82, 2.24) is 0 Å². The van der Waals surface area contributed by atoms with Crippen LogP contribution in [0.5, 0.6) is 5.75 Å². The van der Waals surface area contributed by atoms with Crippen molar-refractivity contribution < 1.29 is 13.9 Å². The first kappa shape index (κ1) is 23.6. The Kier molecular flexibility index (Phi) is 6.43. The third kappa shape index (κ3) is 4.26. The molecule has 1 unspecified atom stereocenters. The number of benzene rings is 3. The molecule has 2 heterocycles. The zero-order valence-electron chi connectivity index (χ0n) is 19.3. The van der Waals surface area contributed by atoms with Crippen molar-refractivity contribution in [2.45, 2.75) is 32.7 Å². The number of fused-ring (bicyclic) bond motifs is 2. The van der Waals surface area contributed by atoms with Crippen molar-refractivity contribution in [2.75, 3.05) is 11.5 Å². The summed E-state index contributed by atoms with van der Waals surface area (Å²) in [4.78, 5) is 29.1. The van der Waals surface area contributed by atoms with Gasteiger partial charge in [0.1, 0.15) is 11.3 Å². The van der Waals surface area contributed by atoms with Crippen molar-refractivity contribution >= 4 is 50.1 Å².